The number of halogens is 1. The predicted molar refractivity (Wildman–Crippen MR) is 123 cm³/mol. The first-order valence-corrected chi connectivity index (χ1v) is 9.81. The Balaban J connectivity index is 0.00000625. The molecule has 0 bridgehead atoms. The minimum atomic E-state index is 0. The van der Waals surface area contributed by atoms with Gasteiger partial charge < -0.3 is 20.3 Å². The molecule has 0 spiro atoms. The Morgan fingerprint density at radius 3 is 2.54 bits per heavy atom. The van der Waals surface area contributed by atoms with Crippen molar-refractivity contribution in [3.8, 4) is 0 Å². The first-order chi connectivity index (χ1) is 11.9. The zero-order valence-electron chi connectivity index (χ0n) is 17.1. The third-order valence-corrected chi connectivity index (χ3v) is 4.76. The minimum Gasteiger partial charge on any atom is -0.385 e. The van der Waals surface area contributed by atoms with Crippen molar-refractivity contribution in [2.24, 2.45) is 4.99 Å². The largest absolute Gasteiger partial charge is 0.385 e. The second kappa shape index (κ2) is 13.7. The molecule has 0 saturated heterocycles. The van der Waals surface area contributed by atoms with Gasteiger partial charge in [0.15, 0.2) is 5.96 Å². The molecule has 1 heterocycles. The van der Waals surface area contributed by atoms with Crippen LogP contribution in [0.3, 0.4) is 0 Å². The molecule has 0 aliphatic rings. The van der Waals surface area contributed by atoms with Gasteiger partial charge in [0.05, 0.1) is 10.7 Å². The zero-order chi connectivity index (χ0) is 18.7. The minimum absolute atomic E-state index is 0. The van der Waals surface area contributed by atoms with Crippen LogP contribution in [0.5, 0.6) is 0 Å². The Morgan fingerprint density at radius 1 is 1.27 bits per heavy atom. The van der Waals surface area contributed by atoms with Gasteiger partial charge in [0.25, 0.3) is 0 Å². The molecular formula is C18H36IN5OS. The summed E-state index contributed by atoms with van der Waals surface area (Å²) in [5.74, 6) is 0.845. The van der Waals surface area contributed by atoms with E-state index < -0.39 is 0 Å². The molecular weight excluding hydrogens is 461 g/mol. The lowest BCUT2D eigenvalue weighted by atomic mass is 9.93. The highest BCUT2D eigenvalue weighted by Crippen LogP contribution is 2.23. The van der Waals surface area contributed by atoms with Crippen molar-refractivity contribution in [1.29, 1.82) is 0 Å². The summed E-state index contributed by atoms with van der Waals surface area (Å²) in [4.78, 5) is 11.3. The average Bonchev–Trinajstić information content (AvgIpc) is 3.03. The van der Waals surface area contributed by atoms with Crippen molar-refractivity contribution < 1.29 is 4.74 Å². The standard InChI is InChI=1S/C18H35N5OS.HI/c1-18(2,3)15-14-25-16(22-15)8-9-20-17(19-4)21-10-12-23(5)11-7-13-24-6;/h14H,7-13H2,1-6H3,(H2,19,20,21);1H. The molecule has 0 unspecified atom stereocenters. The number of guanidine groups is 1. The lowest BCUT2D eigenvalue weighted by Gasteiger charge is -2.18. The van der Waals surface area contributed by atoms with Crippen LogP contribution in [0.25, 0.3) is 0 Å². The molecule has 0 amide bonds. The summed E-state index contributed by atoms with van der Waals surface area (Å²) in [6, 6.07) is 0. The highest BCUT2D eigenvalue weighted by atomic mass is 127. The molecule has 0 fully saturated rings. The Bertz CT molecular complexity index is 516. The molecule has 0 saturated carbocycles. The molecule has 152 valence electrons. The van der Waals surface area contributed by atoms with Gasteiger partial charge in [-0.05, 0) is 13.5 Å². The zero-order valence-corrected chi connectivity index (χ0v) is 20.2. The summed E-state index contributed by atoms with van der Waals surface area (Å²) in [7, 11) is 5.67. The van der Waals surface area contributed by atoms with Crippen LogP contribution in [0.4, 0.5) is 0 Å². The first-order valence-electron chi connectivity index (χ1n) is 8.93. The molecule has 0 radical (unpaired) electrons. The van der Waals surface area contributed by atoms with Gasteiger partial charge in [0, 0.05) is 64.2 Å². The van der Waals surface area contributed by atoms with Crippen LogP contribution in [-0.2, 0) is 16.6 Å². The summed E-state index contributed by atoms with van der Waals surface area (Å²) in [6.07, 6.45) is 1.97. The highest BCUT2D eigenvalue weighted by Gasteiger charge is 2.17. The van der Waals surface area contributed by atoms with Crippen LogP contribution >= 0.6 is 35.3 Å². The summed E-state index contributed by atoms with van der Waals surface area (Å²) < 4.78 is 5.08. The van der Waals surface area contributed by atoms with Crippen molar-refractivity contribution in [3.05, 3.63) is 16.1 Å². The summed E-state index contributed by atoms with van der Waals surface area (Å²) in [5.41, 5.74) is 1.29. The van der Waals surface area contributed by atoms with Crippen LogP contribution in [-0.4, -0.2) is 69.8 Å². The number of thiazole rings is 1. The fourth-order valence-corrected chi connectivity index (χ4v) is 3.26. The Labute approximate surface area is 180 Å². The molecule has 1 rings (SSSR count). The van der Waals surface area contributed by atoms with E-state index in [9.17, 15) is 0 Å². The van der Waals surface area contributed by atoms with E-state index in [4.69, 9.17) is 9.72 Å². The predicted octanol–water partition coefficient (Wildman–Crippen LogP) is 2.73. The van der Waals surface area contributed by atoms with Crippen LogP contribution in [0.15, 0.2) is 10.4 Å². The molecule has 6 nitrogen and oxygen atoms in total. The maximum Gasteiger partial charge on any atom is 0.191 e. The maximum absolute atomic E-state index is 5.08. The molecule has 26 heavy (non-hydrogen) atoms. The molecule has 0 aromatic carbocycles. The molecule has 1 aromatic rings. The summed E-state index contributed by atoms with van der Waals surface area (Å²) in [6.45, 7) is 11.1. The fraction of sp³-hybridized carbons (Fsp3) is 0.778. The number of rotatable bonds is 10. The number of nitrogens with one attached hydrogen (secondary N) is 2. The first kappa shape index (κ1) is 25.6. The number of likely N-dealkylation sites (N-methyl/N-ethyl adjacent to an activating group) is 1. The van der Waals surface area contributed by atoms with Crippen LogP contribution < -0.4 is 10.6 Å². The van der Waals surface area contributed by atoms with E-state index in [1.807, 2.05) is 0 Å². The van der Waals surface area contributed by atoms with Crippen molar-refractivity contribution in [2.45, 2.75) is 39.0 Å². The van der Waals surface area contributed by atoms with Crippen molar-refractivity contribution in [1.82, 2.24) is 20.5 Å². The molecule has 0 atom stereocenters. The van der Waals surface area contributed by atoms with E-state index in [0.717, 1.165) is 51.6 Å². The lowest BCUT2D eigenvalue weighted by molar-refractivity contribution is 0.180. The number of hydrogen-bond donors (Lipinski definition) is 2. The monoisotopic (exact) mass is 497 g/mol. The van der Waals surface area contributed by atoms with Crippen LogP contribution in [0, 0.1) is 0 Å². The molecule has 0 aliphatic carbocycles. The Morgan fingerprint density at radius 2 is 1.96 bits per heavy atom. The number of hydrogen-bond acceptors (Lipinski definition) is 5. The van der Waals surface area contributed by atoms with Gasteiger partial charge in [-0.3, -0.25) is 4.99 Å². The van der Waals surface area contributed by atoms with Crippen molar-refractivity contribution >= 4 is 41.3 Å². The smallest absolute Gasteiger partial charge is 0.191 e. The van der Waals surface area contributed by atoms with Crippen LogP contribution in [0.1, 0.15) is 37.9 Å². The average molecular weight is 497 g/mol. The number of aromatic nitrogens is 1. The highest BCUT2D eigenvalue weighted by molar-refractivity contribution is 14.0. The van der Waals surface area contributed by atoms with E-state index >= 15 is 0 Å². The third-order valence-electron chi connectivity index (χ3n) is 3.85. The van der Waals surface area contributed by atoms with Crippen molar-refractivity contribution in [2.75, 3.05) is 54.0 Å². The second-order valence-corrected chi connectivity index (χ2v) is 8.14. The van der Waals surface area contributed by atoms with E-state index in [1.165, 1.54) is 10.7 Å². The van der Waals surface area contributed by atoms with Crippen molar-refractivity contribution in [3.63, 3.8) is 0 Å². The van der Waals surface area contributed by atoms with E-state index in [2.05, 4.69) is 53.7 Å². The van der Waals surface area contributed by atoms with Gasteiger partial charge >= 0.3 is 0 Å². The van der Waals surface area contributed by atoms with Gasteiger partial charge in [-0.2, -0.15) is 0 Å². The third kappa shape index (κ3) is 10.6. The Hall–Kier alpha value is -0.450. The van der Waals surface area contributed by atoms with E-state index in [1.54, 1.807) is 25.5 Å². The number of aliphatic imine (C=N–C) groups is 1. The fourth-order valence-electron chi connectivity index (χ4n) is 2.23. The maximum atomic E-state index is 5.08. The molecule has 2 N–H and O–H groups in total. The summed E-state index contributed by atoms with van der Waals surface area (Å²) in [5, 5.41) is 10.1. The number of ether oxygens (including phenoxy) is 1. The van der Waals surface area contributed by atoms with Crippen LogP contribution in [0.2, 0.25) is 0 Å². The number of methoxy groups -OCH3 is 1. The van der Waals surface area contributed by atoms with Gasteiger partial charge in [0.1, 0.15) is 0 Å². The Kier molecular flexibility index (Phi) is 13.4. The van der Waals surface area contributed by atoms with E-state index in [-0.39, 0.29) is 29.4 Å². The van der Waals surface area contributed by atoms with Gasteiger partial charge in [-0.25, -0.2) is 4.98 Å². The summed E-state index contributed by atoms with van der Waals surface area (Å²) >= 11 is 1.74. The van der Waals surface area contributed by atoms with Gasteiger partial charge in [-0.15, -0.1) is 35.3 Å². The molecule has 1 aromatic heterocycles. The number of nitrogens with zero attached hydrogens (tertiary/aromatic N) is 3. The van der Waals surface area contributed by atoms with E-state index in [0.29, 0.717) is 0 Å². The lowest BCUT2D eigenvalue weighted by Crippen LogP contribution is -2.41. The normalized spacial score (nSPS) is 12.2. The molecule has 0 aliphatic heterocycles. The quantitative estimate of drug-likeness (QED) is 0.225. The van der Waals surface area contributed by atoms with Gasteiger partial charge in [0.2, 0.25) is 0 Å². The topological polar surface area (TPSA) is 61.8 Å². The second-order valence-electron chi connectivity index (χ2n) is 7.20. The molecule has 8 heteroatoms. The van der Waals surface area contributed by atoms with Gasteiger partial charge in [-0.1, -0.05) is 20.8 Å². The SMILES string of the molecule is CN=C(NCCc1nc(C(C)(C)C)cs1)NCCN(C)CCCOC.I.